The van der Waals surface area contributed by atoms with Gasteiger partial charge in [0.25, 0.3) is 0 Å². The molecule has 38 heavy (non-hydrogen) atoms. The molecule has 0 heterocycles. The first-order valence-electron chi connectivity index (χ1n) is 12.2. The molecule has 0 aromatic heterocycles. The summed E-state index contributed by atoms with van der Waals surface area (Å²) in [7, 11) is 0. The van der Waals surface area contributed by atoms with Gasteiger partial charge in [-0.25, -0.2) is 19.2 Å². The van der Waals surface area contributed by atoms with Crippen molar-refractivity contribution in [3.8, 4) is 0 Å². The van der Waals surface area contributed by atoms with E-state index in [1.807, 2.05) is 20.8 Å². The van der Waals surface area contributed by atoms with Gasteiger partial charge in [0, 0.05) is 22.7 Å². The van der Waals surface area contributed by atoms with E-state index >= 15 is 0 Å². The maximum absolute atomic E-state index is 11.7. The highest BCUT2D eigenvalue weighted by atomic mass is 16.6. The Hall–Kier alpha value is -4.48. The molecular formula is C26H36N4O8. The summed E-state index contributed by atoms with van der Waals surface area (Å²) >= 11 is 0. The predicted molar refractivity (Wildman–Crippen MR) is 145 cm³/mol. The van der Waals surface area contributed by atoms with Gasteiger partial charge in [-0.15, -0.1) is 0 Å². The quantitative estimate of drug-likeness (QED) is 0.180. The van der Waals surface area contributed by atoms with Gasteiger partial charge in [0.1, 0.15) is 0 Å². The van der Waals surface area contributed by atoms with Gasteiger partial charge in [0.2, 0.25) is 0 Å². The lowest BCUT2D eigenvalue weighted by Gasteiger charge is -2.13. The van der Waals surface area contributed by atoms with Gasteiger partial charge in [-0.05, 0) is 62.1 Å². The first-order chi connectivity index (χ1) is 18.1. The summed E-state index contributed by atoms with van der Waals surface area (Å²) in [6.07, 6.45) is 0.219. The standard InChI is InChI=1S/C17H26N2O4.C9H10N2O4/c1-4-6-11-22-16(20)18-14-9-8-10-15(13(14)3)19-17(21)23-12-7-5-2;1-5-6(10-8(12)13)3-2-4-7(5)11-9(14)15/h8-10H,4-7,11-12H2,1-3H3,(H,18,20)(H,19,21);2-4,10-11H,1H3,(H,12,13)(H,14,15). The Balaban J connectivity index is 0.000000415. The average molecular weight is 533 g/mol. The molecule has 0 bridgehead atoms. The third-order valence-electron chi connectivity index (χ3n) is 5.09. The number of benzene rings is 2. The molecule has 0 aliphatic heterocycles. The zero-order valence-electron chi connectivity index (χ0n) is 22.1. The normalized spacial score (nSPS) is 9.79. The molecule has 0 spiro atoms. The van der Waals surface area contributed by atoms with Crippen LogP contribution in [0.4, 0.5) is 41.9 Å². The second-order valence-electron chi connectivity index (χ2n) is 8.05. The molecule has 0 saturated carbocycles. The van der Waals surface area contributed by atoms with Crippen molar-refractivity contribution in [1.82, 2.24) is 0 Å². The first kappa shape index (κ1) is 31.5. The Kier molecular flexibility index (Phi) is 14.2. The lowest BCUT2D eigenvalue weighted by molar-refractivity contribution is 0.159. The Morgan fingerprint density at radius 1 is 0.632 bits per heavy atom. The molecule has 0 fully saturated rings. The van der Waals surface area contributed by atoms with Crippen molar-refractivity contribution in [1.29, 1.82) is 0 Å². The fourth-order valence-corrected chi connectivity index (χ4v) is 2.95. The Bertz CT molecular complexity index is 1010. The van der Waals surface area contributed by atoms with E-state index in [9.17, 15) is 19.2 Å². The van der Waals surface area contributed by atoms with E-state index in [2.05, 4.69) is 21.3 Å². The van der Waals surface area contributed by atoms with Crippen molar-refractivity contribution >= 4 is 47.1 Å². The lowest BCUT2D eigenvalue weighted by Crippen LogP contribution is -2.17. The number of amides is 4. The van der Waals surface area contributed by atoms with Crippen LogP contribution in [0.2, 0.25) is 0 Å². The summed E-state index contributed by atoms with van der Waals surface area (Å²) in [6, 6.07) is 9.92. The summed E-state index contributed by atoms with van der Waals surface area (Å²) in [4.78, 5) is 44.2. The predicted octanol–water partition coefficient (Wildman–Crippen LogP) is 6.87. The molecule has 2 aromatic rings. The van der Waals surface area contributed by atoms with Crippen molar-refractivity contribution in [2.75, 3.05) is 34.5 Å². The van der Waals surface area contributed by atoms with Crippen LogP contribution in [0.5, 0.6) is 0 Å². The monoisotopic (exact) mass is 532 g/mol. The number of nitrogens with one attached hydrogen (secondary N) is 4. The zero-order chi connectivity index (χ0) is 28.5. The molecule has 0 atom stereocenters. The van der Waals surface area contributed by atoms with Crippen LogP contribution in [0, 0.1) is 13.8 Å². The van der Waals surface area contributed by atoms with Crippen LogP contribution < -0.4 is 21.3 Å². The molecule has 6 N–H and O–H groups in total. The van der Waals surface area contributed by atoms with E-state index in [1.165, 1.54) is 0 Å². The van der Waals surface area contributed by atoms with E-state index < -0.39 is 24.4 Å². The largest absolute Gasteiger partial charge is 0.465 e. The average Bonchev–Trinajstić information content (AvgIpc) is 2.84. The van der Waals surface area contributed by atoms with Crippen LogP contribution in [-0.4, -0.2) is 47.8 Å². The van der Waals surface area contributed by atoms with Crippen LogP contribution in [0.15, 0.2) is 36.4 Å². The smallest absolute Gasteiger partial charge is 0.411 e. The second kappa shape index (κ2) is 17.1. The number of ether oxygens (including phenoxy) is 2. The SMILES string of the molecule is CCCCOC(=O)Nc1cccc(NC(=O)OCCCC)c1C.Cc1c(NC(=O)O)cccc1NC(=O)O. The van der Waals surface area contributed by atoms with Crippen LogP contribution in [0.25, 0.3) is 0 Å². The Morgan fingerprint density at radius 2 is 0.947 bits per heavy atom. The molecule has 0 unspecified atom stereocenters. The summed E-state index contributed by atoms with van der Waals surface area (Å²) in [6.45, 7) is 8.27. The zero-order valence-corrected chi connectivity index (χ0v) is 22.1. The summed E-state index contributed by atoms with van der Waals surface area (Å²) in [5, 5.41) is 26.7. The van der Waals surface area contributed by atoms with E-state index in [1.54, 1.807) is 43.3 Å². The maximum atomic E-state index is 11.7. The van der Waals surface area contributed by atoms with Crippen LogP contribution in [0.3, 0.4) is 0 Å². The maximum Gasteiger partial charge on any atom is 0.411 e. The van der Waals surface area contributed by atoms with E-state index in [4.69, 9.17) is 19.7 Å². The second-order valence-corrected chi connectivity index (χ2v) is 8.05. The molecular weight excluding hydrogens is 496 g/mol. The van der Waals surface area contributed by atoms with Crippen molar-refractivity contribution in [3.63, 3.8) is 0 Å². The fourth-order valence-electron chi connectivity index (χ4n) is 2.95. The minimum absolute atomic E-state index is 0.355. The van der Waals surface area contributed by atoms with Crippen LogP contribution in [0.1, 0.15) is 50.7 Å². The van der Waals surface area contributed by atoms with Crippen molar-refractivity contribution in [2.45, 2.75) is 53.4 Å². The number of carboxylic acid groups (broad SMARTS) is 2. The highest BCUT2D eigenvalue weighted by Gasteiger charge is 2.11. The molecule has 12 heteroatoms. The van der Waals surface area contributed by atoms with Gasteiger partial charge in [0.15, 0.2) is 0 Å². The molecule has 12 nitrogen and oxygen atoms in total. The molecule has 0 radical (unpaired) electrons. The fraction of sp³-hybridized carbons (Fsp3) is 0.385. The molecule has 0 saturated heterocycles. The van der Waals surface area contributed by atoms with Crippen molar-refractivity contribution in [3.05, 3.63) is 47.5 Å². The Morgan fingerprint density at radius 3 is 1.24 bits per heavy atom. The Labute approximate surface area is 221 Å². The molecule has 2 rings (SSSR count). The van der Waals surface area contributed by atoms with Crippen LogP contribution >= 0.6 is 0 Å². The minimum atomic E-state index is -1.19. The number of carbonyl (C=O) groups is 4. The van der Waals surface area contributed by atoms with Gasteiger partial charge in [-0.3, -0.25) is 21.3 Å². The number of anilines is 4. The van der Waals surface area contributed by atoms with Gasteiger partial charge < -0.3 is 19.7 Å². The molecule has 4 amide bonds. The van der Waals surface area contributed by atoms with Gasteiger partial charge >= 0.3 is 24.4 Å². The minimum Gasteiger partial charge on any atom is -0.465 e. The van der Waals surface area contributed by atoms with E-state index in [-0.39, 0.29) is 0 Å². The molecule has 0 aliphatic rings. The summed E-state index contributed by atoms with van der Waals surface area (Å²) in [5.41, 5.74) is 3.17. The van der Waals surface area contributed by atoms with Gasteiger partial charge in [-0.2, -0.15) is 0 Å². The third-order valence-corrected chi connectivity index (χ3v) is 5.09. The number of unbranched alkanes of at least 4 members (excludes halogenated alkanes) is 2. The highest BCUT2D eigenvalue weighted by Crippen LogP contribution is 2.24. The summed E-state index contributed by atoms with van der Waals surface area (Å²) in [5.74, 6) is 0. The highest BCUT2D eigenvalue weighted by molar-refractivity contribution is 5.91. The van der Waals surface area contributed by atoms with Crippen molar-refractivity contribution in [2.24, 2.45) is 0 Å². The third kappa shape index (κ3) is 12.0. The van der Waals surface area contributed by atoms with E-state index in [0.29, 0.717) is 41.5 Å². The number of hydrogen-bond acceptors (Lipinski definition) is 6. The van der Waals surface area contributed by atoms with Gasteiger partial charge in [0.05, 0.1) is 13.2 Å². The lowest BCUT2D eigenvalue weighted by atomic mass is 10.1. The van der Waals surface area contributed by atoms with E-state index in [0.717, 1.165) is 31.2 Å². The number of hydrogen-bond donors (Lipinski definition) is 6. The van der Waals surface area contributed by atoms with Crippen molar-refractivity contribution < 1.29 is 38.9 Å². The topological polar surface area (TPSA) is 175 Å². The summed E-state index contributed by atoms with van der Waals surface area (Å²) < 4.78 is 10.1. The van der Waals surface area contributed by atoms with Crippen LogP contribution in [-0.2, 0) is 9.47 Å². The number of rotatable bonds is 10. The molecule has 208 valence electrons. The molecule has 2 aromatic carbocycles. The molecule has 0 aliphatic carbocycles. The number of carbonyl (C=O) groups excluding carboxylic acids is 2. The van der Waals surface area contributed by atoms with Gasteiger partial charge in [-0.1, -0.05) is 38.8 Å². The first-order valence-corrected chi connectivity index (χ1v) is 12.2.